The molecule has 0 spiro atoms. The number of para-hydroxylation sites is 2. The van der Waals surface area contributed by atoms with Gasteiger partial charge >= 0.3 is 0 Å². The third kappa shape index (κ3) is 1.51. The molecule has 61 valence electrons. The third-order valence-electron chi connectivity index (χ3n) is 1.43. The van der Waals surface area contributed by atoms with Crippen LogP contribution < -0.4 is 0 Å². The molecule has 1 radical (unpaired) electrons. The molecule has 0 aliphatic heterocycles. The number of rotatable bonds is 0. The summed E-state index contributed by atoms with van der Waals surface area (Å²) in [5, 5.41) is 0. The molecule has 0 aliphatic rings. The van der Waals surface area contributed by atoms with Gasteiger partial charge in [-0.1, -0.05) is 24.9 Å². The average Bonchev–Trinajstić information content (AvgIpc) is 2.34. The van der Waals surface area contributed by atoms with Gasteiger partial charge in [0.05, 0.1) is 11.0 Å². The van der Waals surface area contributed by atoms with E-state index in [0.717, 1.165) is 11.0 Å². The van der Waals surface area contributed by atoms with Crippen LogP contribution in [-0.2, 0) is 22.4 Å². The largest absolute Gasteiger partial charge is 0.275 e. The van der Waals surface area contributed by atoms with Gasteiger partial charge in [0.25, 0.3) is 0 Å². The predicted molar refractivity (Wildman–Crippen MR) is 44.1 cm³/mol. The summed E-state index contributed by atoms with van der Waals surface area (Å²) in [6.45, 7) is 0. The molecule has 2 nitrogen and oxygen atoms in total. The molecule has 0 saturated heterocycles. The smallest absolute Gasteiger partial charge is 0.106 e. The van der Waals surface area contributed by atoms with Gasteiger partial charge in [-0.3, -0.25) is 3.97 Å². The van der Waals surface area contributed by atoms with Crippen molar-refractivity contribution in [2.45, 2.75) is 0 Å². The molecule has 2 rings (SSSR count). The Kier molecular flexibility index (Phi) is 2.78. The fourth-order valence-electron chi connectivity index (χ4n) is 0.946. The van der Waals surface area contributed by atoms with Crippen LogP contribution in [0.4, 0.5) is 0 Å². The molecule has 0 unspecified atom stereocenters. The number of imidazole rings is 1. The second-order valence-corrected chi connectivity index (χ2v) is 2.51. The number of thiol groups is 1. The molecule has 0 atom stereocenters. The summed E-state index contributed by atoms with van der Waals surface area (Å²) in [5.74, 6) is 0. The Labute approximate surface area is 85.7 Å². The van der Waals surface area contributed by atoms with Crippen LogP contribution in [0.3, 0.4) is 0 Å². The van der Waals surface area contributed by atoms with Crippen molar-refractivity contribution in [2.24, 2.45) is 0 Å². The van der Waals surface area contributed by atoms with Gasteiger partial charge in [0.2, 0.25) is 0 Å². The zero-order valence-electron chi connectivity index (χ0n) is 5.53. The summed E-state index contributed by atoms with van der Waals surface area (Å²) >= 11 is 4.16. The minimum absolute atomic E-state index is 0. The third-order valence-corrected chi connectivity index (χ3v) is 1.75. The van der Waals surface area contributed by atoms with E-state index in [9.17, 15) is 0 Å². The number of aromatic nitrogens is 2. The first-order valence-corrected chi connectivity index (χ1v) is 3.39. The van der Waals surface area contributed by atoms with E-state index in [4.69, 9.17) is 0 Å². The first-order valence-electron chi connectivity index (χ1n) is 2.99. The Bertz CT molecular complexity index is 358. The van der Waals surface area contributed by atoms with Crippen molar-refractivity contribution in [1.82, 2.24) is 8.96 Å². The van der Waals surface area contributed by atoms with Crippen molar-refractivity contribution < 1.29 is 22.4 Å². The van der Waals surface area contributed by atoms with Crippen LogP contribution in [0, 0.1) is 0 Å². The summed E-state index contributed by atoms with van der Waals surface area (Å²) in [7, 11) is 0. The number of fused-ring (bicyclic) bond motifs is 1. The topological polar surface area (TPSA) is 17.8 Å². The second-order valence-electron chi connectivity index (χ2n) is 2.08. The molecule has 11 heavy (non-hydrogen) atoms. The second kappa shape index (κ2) is 3.45. The van der Waals surface area contributed by atoms with Crippen LogP contribution in [0.2, 0.25) is 0 Å². The molecule has 1 aromatic heterocycles. The number of hydrogen-bond donors (Lipinski definition) is 1. The number of nitrogens with zero attached hydrogens (tertiary/aromatic N) is 2. The normalized spacial score (nSPS) is 9.55. The van der Waals surface area contributed by atoms with E-state index in [2.05, 4.69) is 17.8 Å². The van der Waals surface area contributed by atoms with Gasteiger partial charge < -0.3 is 0 Å². The van der Waals surface area contributed by atoms with E-state index in [1.165, 1.54) is 0 Å². The van der Waals surface area contributed by atoms with Gasteiger partial charge in [-0.15, -0.1) is 0 Å². The molecule has 0 bridgehead atoms. The SMILES string of the molecule is Sn1cnc2ccccc21.[Ag]. The average molecular weight is 258 g/mol. The summed E-state index contributed by atoms with van der Waals surface area (Å²) < 4.78 is 1.70. The van der Waals surface area contributed by atoms with Gasteiger partial charge in [0.15, 0.2) is 0 Å². The van der Waals surface area contributed by atoms with Gasteiger partial charge in [0, 0.05) is 22.4 Å². The Morgan fingerprint density at radius 3 is 2.73 bits per heavy atom. The molecule has 0 saturated carbocycles. The zero-order valence-corrected chi connectivity index (χ0v) is 7.91. The molecule has 1 heterocycles. The van der Waals surface area contributed by atoms with Crippen LogP contribution >= 0.6 is 12.8 Å². The van der Waals surface area contributed by atoms with Gasteiger partial charge in [-0.25, -0.2) is 4.98 Å². The van der Waals surface area contributed by atoms with Crippen LogP contribution in [0.5, 0.6) is 0 Å². The molecule has 1 aromatic carbocycles. The van der Waals surface area contributed by atoms with Crippen molar-refractivity contribution in [3.8, 4) is 0 Å². The maximum atomic E-state index is 4.16. The Morgan fingerprint density at radius 1 is 1.27 bits per heavy atom. The van der Waals surface area contributed by atoms with Gasteiger partial charge in [-0.2, -0.15) is 0 Å². The van der Waals surface area contributed by atoms with Gasteiger partial charge in [-0.05, 0) is 12.1 Å². The van der Waals surface area contributed by atoms with Crippen molar-refractivity contribution in [1.29, 1.82) is 0 Å². The van der Waals surface area contributed by atoms with Crippen LogP contribution in [0.1, 0.15) is 0 Å². The van der Waals surface area contributed by atoms with E-state index in [1.807, 2.05) is 24.3 Å². The van der Waals surface area contributed by atoms with Crippen molar-refractivity contribution in [3.63, 3.8) is 0 Å². The molecular formula is C7H6AgN2S. The first kappa shape index (κ1) is 8.87. The molecule has 0 aliphatic carbocycles. The van der Waals surface area contributed by atoms with E-state index in [1.54, 1.807) is 10.3 Å². The maximum absolute atomic E-state index is 4.16. The van der Waals surface area contributed by atoms with Crippen LogP contribution in [0.25, 0.3) is 11.0 Å². The summed E-state index contributed by atoms with van der Waals surface area (Å²) in [6.07, 6.45) is 1.69. The van der Waals surface area contributed by atoms with Crippen molar-refractivity contribution in [3.05, 3.63) is 30.6 Å². The van der Waals surface area contributed by atoms with E-state index < -0.39 is 0 Å². The summed E-state index contributed by atoms with van der Waals surface area (Å²) in [4.78, 5) is 4.10. The molecule has 0 N–H and O–H groups in total. The Hall–Kier alpha value is -0.220. The monoisotopic (exact) mass is 257 g/mol. The quantitative estimate of drug-likeness (QED) is 0.562. The molecule has 0 fully saturated rings. The molecular weight excluding hydrogens is 252 g/mol. The van der Waals surface area contributed by atoms with Crippen molar-refractivity contribution in [2.75, 3.05) is 0 Å². The summed E-state index contributed by atoms with van der Waals surface area (Å²) in [5.41, 5.74) is 2.03. The minimum Gasteiger partial charge on any atom is -0.275 e. The Balaban J connectivity index is 0.000000605. The summed E-state index contributed by atoms with van der Waals surface area (Å²) in [6, 6.07) is 7.87. The molecule has 0 amide bonds. The zero-order chi connectivity index (χ0) is 6.97. The van der Waals surface area contributed by atoms with Gasteiger partial charge in [0.1, 0.15) is 6.33 Å². The number of hydrogen-bond acceptors (Lipinski definition) is 2. The first-order chi connectivity index (χ1) is 4.88. The number of benzene rings is 1. The fourth-order valence-corrected chi connectivity index (χ4v) is 1.17. The maximum Gasteiger partial charge on any atom is 0.106 e. The van der Waals surface area contributed by atoms with Crippen LogP contribution in [0.15, 0.2) is 30.6 Å². The fraction of sp³-hybridized carbons (Fsp3) is 0. The van der Waals surface area contributed by atoms with E-state index in [-0.39, 0.29) is 22.4 Å². The standard InChI is InChI=1S/C7H6N2S.Ag/c10-9-5-8-6-3-1-2-4-7(6)9;/h1-5,10H;. The molecule has 2 aromatic rings. The van der Waals surface area contributed by atoms with Crippen LogP contribution in [-0.4, -0.2) is 8.96 Å². The Morgan fingerprint density at radius 2 is 2.00 bits per heavy atom. The van der Waals surface area contributed by atoms with Crippen molar-refractivity contribution >= 4 is 23.8 Å². The minimum atomic E-state index is 0. The predicted octanol–water partition coefficient (Wildman–Crippen LogP) is 1.73. The van der Waals surface area contributed by atoms with E-state index >= 15 is 0 Å². The molecule has 4 heteroatoms. The van der Waals surface area contributed by atoms with E-state index in [0.29, 0.717) is 0 Å².